The summed E-state index contributed by atoms with van der Waals surface area (Å²) in [5, 5.41) is 6.21. The number of nitrogens with zero attached hydrogens (tertiary/aromatic N) is 2. The van der Waals surface area contributed by atoms with Gasteiger partial charge in [0, 0.05) is 31.7 Å². The standard InChI is InChI=1S/C21H25ClN4O4S2/c1-3-30-19-9-8-15(14-16(19)22)20(27)24-21(31)23-17-6-4-5-7-18(17)25-10-12-26(13-11-25)32(2,28)29/h4-9,14H,3,10-13H2,1-2H3,(H2,23,24,27,31). The predicted molar refractivity (Wildman–Crippen MR) is 131 cm³/mol. The van der Waals surface area contributed by atoms with E-state index in [4.69, 9.17) is 28.6 Å². The number of para-hydroxylation sites is 2. The zero-order valence-electron chi connectivity index (χ0n) is 17.8. The van der Waals surface area contributed by atoms with E-state index in [1.807, 2.05) is 31.2 Å². The third kappa shape index (κ3) is 6.10. The summed E-state index contributed by atoms with van der Waals surface area (Å²) in [4.78, 5) is 14.7. The maximum absolute atomic E-state index is 12.6. The Morgan fingerprint density at radius 1 is 1.16 bits per heavy atom. The number of benzene rings is 2. The van der Waals surface area contributed by atoms with E-state index in [1.165, 1.54) is 16.6 Å². The summed E-state index contributed by atoms with van der Waals surface area (Å²) in [6.45, 7) is 4.25. The molecule has 0 atom stereocenters. The number of carbonyl (C=O) groups excluding carboxylic acids is 1. The van der Waals surface area contributed by atoms with Crippen LogP contribution in [-0.2, 0) is 10.0 Å². The van der Waals surface area contributed by atoms with Gasteiger partial charge in [-0.05, 0) is 49.5 Å². The molecule has 2 aromatic rings. The molecule has 1 aliphatic heterocycles. The highest BCUT2D eigenvalue weighted by Crippen LogP contribution is 2.27. The van der Waals surface area contributed by atoms with Crippen LogP contribution in [0.1, 0.15) is 17.3 Å². The van der Waals surface area contributed by atoms with Gasteiger partial charge in [-0.2, -0.15) is 4.31 Å². The quantitative estimate of drug-likeness (QED) is 0.594. The highest BCUT2D eigenvalue weighted by molar-refractivity contribution is 7.88. The molecule has 0 saturated carbocycles. The Labute approximate surface area is 198 Å². The second-order valence-corrected chi connectivity index (χ2v) is 9.95. The molecule has 3 rings (SSSR count). The molecule has 1 saturated heterocycles. The van der Waals surface area contributed by atoms with E-state index >= 15 is 0 Å². The van der Waals surface area contributed by atoms with Crippen LogP contribution in [-0.4, -0.2) is 62.8 Å². The Balaban J connectivity index is 1.65. The highest BCUT2D eigenvalue weighted by atomic mass is 35.5. The number of ether oxygens (including phenoxy) is 1. The summed E-state index contributed by atoms with van der Waals surface area (Å²) in [6, 6.07) is 12.3. The molecule has 0 aromatic heterocycles. The topological polar surface area (TPSA) is 91.0 Å². The highest BCUT2D eigenvalue weighted by Gasteiger charge is 2.24. The molecule has 0 spiro atoms. The molecule has 32 heavy (non-hydrogen) atoms. The Kier molecular flexibility index (Phi) is 7.94. The monoisotopic (exact) mass is 496 g/mol. The smallest absolute Gasteiger partial charge is 0.257 e. The molecule has 0 unspecified atom stereocenters. The van der Waals surface area contributed by atoms with E-state index in [2.05, 4.69) is 15.5 Å². The van der Waals surface area contributed by atoms with Crippen molar-refractivity contribution in [1.29, 1.82) is 0 Å². The number of nitrogens with one attached hydrogen (secondary N) is 2. The van der Waals surface area contributed by atoms with E-state index in [9.17, 15) is 13.2 Å². The number of sulfonamides is 1. The minimum Gasteiger partial charge on any atom is -0.492 e. The lowest BCUT2D eigenvalue weighted by Gasteiger charge is -2.35. The molecule has 11 heteroatoms. The molecule has 1 amide bonds. The van der Waals surface area contributed by atoms with Crippen LogP contribution in [0.3, 0.4) is 0 Å². The average molecular weight is 497 g/mol. The molecule has 0 aliphatic carbocycles. The van der Waals surface area contributed by atoms with Gasteiger partial charge in [-0.25, -0.2) is 8.42 Å². The van der Waals surface area contributed by atoms with Gasteiger partial charge in [0.15, 0.2) is 5.11 Å². The molecule has 1 fully saturated rings. The summed E-state index contributed by atoms with van der Waals surface area (Å²) in [5.41, 5.74) is 1.95. The number of halogens is 1. The van der Waals surface area contributed by atoms with Gasteiger partial charge in [0.2, 0.25) is 10.0 Å². The van der Waals surface area contributed by atoms with Crippen molar-refractivity contribution in [3.05, 3.63) is 53.1 Å². The first-order chi connectivity index (χ1) is 15.2. The molecule has 0 bridgehead atoms. The molecule has 172 valence electrons. The zero-order valence-corrected chi connectivity index (χ0v) is 20.2. The molecule has 0 radical (unpaired) electrons. The Hall–Kier alpha value is -2.40. The van der Waals surface area contributed by atoms with Crippen LogP contribution in [0, 0.1) is 0 Å². The Morgan fingerprint density at radius 2 is 1.84 bits per heavy atom. The number of thiocarbonyl (C=S) groups is 1. The van der Waals surface area contributed by atoms with Crippen LogP contribution in [0.4, 0.5) is 11.4 Å². The maximum Gasteiger partial charge on any atom is 0.257 e. The van der Waals surface area contributed by atoms with E-state index < -0.39 is 15.9 Å². The first-order valence-electron chi connectivity index (χ1n) is 10.0. The van der Waals surface area contributed by atoms with Gasteiger partial charge in [-0.15, -0.1) is 0 Å². The number of hydrogen-bond acceptors (Lipinski definition) is 6. The van der Waals surface area contributed by atoms with Crippen LogP contribution in [0.25, 0.3) is 0 Å². The molecule has 1 heterocycles. The first kappa shape index (κ1) is 24.2. The fourth-order valence-corrected chi connectivity index (χ4v) is 4.62. The second-order valence-electron chi connectivity index (χ2n) is 7.15. The Bertz CT molecular complexity index is 1100. The molecule has 2 aromatic carbocycles. The van der Waals surface area contributed by atoms with Gasteiger partial charge >= 0.3 is 0 Å². The summed E-state index contributed by atoms with van der Waals surface area (Å²) < 4.78 is 30.4. The molecular weight excluding hydrogens is 472 g/mol. The molecule has 2 N–H and O–H groups in total. The van der Waals surface area contributed by atoms with Crippen molar-refractivity contribution >= 4 is 56.2 Å². The van der Waals surface area contributed by atoms with Crippen molar-refractivity contribution in [2.75, 3.05) is 49.3 Å². The van der Waals surface area contributed by atoms with Gasteiger partial charge in [0.1, 0.15) is 5.75 Å². The van der Waals surface area contributed by atoms with Crippen molar-refractivity contribution in [2.45, 2.75) is 6.92 Å². The minimum atomic E-state index is -3.20. The summed E-state index contributed by atoms with van der Waals surface area (Å²) >= 11 is 11.5. The lowest BCUT2D eigenvalue weighted by molar-refractivity contribution is 0.0977. The number of hydrogen-bond donors (Lipinski definition) is 2. The average Bonchev–Trinajstić information content (AvgIpc) is 2.75. The van der Waals surface area contributed by atoms with Crippen LogP contribution in [0.2, 0.25) is 5.02 Å². The third-order valence-corrected chi connectivity index (χ3v) is 6.72. The molecular formula is C21H25ClN4O4S2. The lowest BCUT2D eigenvalue weighted by atomic mass is 10.2. The fraction of sp³-hybridized carbons (Fsp3) is 0.333. The minimum absolute atomic E-state index is 0.141. The van der Waals surface area contributed by atoms with Crippen LogP contribution in [0.15, 0.2) is 42.5 Å². The van der Waals surface area contributed by atoms with Crippen LogP contribution >= 0.6 is 23.8 Å². The van der Waals surface area contributed by atoms with Gasteiger partial charge in [-0.3, -0.25) is 10.1 Å². The van der Waals surface area contributed by atoms with Crippen molar-refractivity contribution in [3.8, 4) is 5.75 Å². The molecule has 1 aliphatic rings. The van der Waals surface area contributed by atoms with Gasteiger partial charge in [-0.1, -0.05) is 23.7 Å². The number of piperazine rings is 1. The summed E-state index contributed by atoms with van der Waals surface area (Å²) in [7, 11) is -3.20. The van der Waals surface area contributed by atoms with Crippen LogP contribution in [0.5, 0.6) is 5.75 Å². The van der Waals surface area contributed by atoms with Crippen LogP contribution < -0.4 is 20.3 Å². The number of amides is 1. The third-order valence-electron chi connectivity index (χ3n) is 4.92. The van der Waals surface area contributed by atoms with E-state index in [0.29, 0.717) is 49.1 Å². The van der Waals surface area contributed by atoms with Gasteiger partial charge < -0.3 is 15.0 Å². The van der Waals surface area contributed by atoms with Crippen molar-refractivity contribution in [2.24, 2.45) is 0 Å². The van der Waals surface area contributed by atoms with E-state index in [0.717, 1.165) is 11.4 Å². The number of carbonyl (C=O) groups is 1. The number of rotatable bonds is 6. The van der Waals surface area contributed by atoms with E-state index in [-0.39, 0.29) is 5.11 Å². The number of anilines is 2. The summed E-state index contributed by atoms with van der Waals surface area (Å²) in [5.74, 6) is 0.114. The maximum atomic E-state index is 12.6. The predicted octanol–water partition coefficient (Wildman–Crippen LogP) is 2.95. The second kappa shape index (κ2) is 10.5. The van der Waals surface area contributed by atoms with Gasteiger partial charge in [0.25, 0.3) is 5.91 Å². The zero-order chi connectivity index (χ0) is 23.3. The van der Waals surface area contributed by atoms with Crippen molar-refractivity contribution in [3.63, 3.8) is 0 Å². The molecule has 8 nitrogen and oxygen atoms in total. The van der Waals surface area contributed by atoms with Crippen molar-refractivity contribution in [1.82, 2.24) is 9.62 Å². The lowest BCUT2D eigenvalue weighted by Crippen LogP contribution is -2.48. The first-order valence-corrected chi connectivity index (χ1v) is 12.7. The Morgan fingerprint density at radius 3 is 2.47 bits per heavy atom. The van der Waals surface area contributed by atoms with Gasteiger partial charge in [0.05, 0.1) is 29.3 Å². The van der Waals surface area contributed by atoms with Crippen molar-refractivity contribution < 1.29 is 17.9 Å². The largest absolute Gasteiger partial charge is 0.492 e. The SMILES string of the molecule is CCOc1ccc(C(=O)NC(=S)Nc2ccccc2N2CCN(S(C)(=O)=O)CC2)cc1Cl. The normalized spacial score (nSPS) is 14.7. The summed E-state index contributed by atoms with van der Waals surface area (Å²) in [6.07, 6.45) is 1.22. The fourth-order valence-electron chi connectivity index (χ4n) is 3.36. The van der Waals surface area contributed by atoms with E-state index in [1.54, 1.807) is 12.1 Å².